The molecule has 3 nitrogen and oxygen atoms in total. The average molecular weight is 174 g/mol. The molecule has 0 unspecified atom stereocenters. The van der Waals surface area contributed by atoms with Gasteiger partial charge in [-0.25, -0.2) is 0 Å². The third-order valence-electron chi connectivity index (χ3n) is 1.54. The molecule has 0 heterocycles. The molecule has 0 aromatic carbocycles. The van der Waals surface area contributed by atoms with Crippen molar-refractivity contribution in [2.75, 3.05) is 14.2 Å². The smallest absolute Gasteiger partial charge is 0.393 e. The Balaban J connectivity index is 4.37. The van der Waals surface area contributed by atoms with Crippen LogP contribution in [0.3, 0.4) is 0 Å². The van der Waals surface area contributed by atoms with E-state index in [-0.39, 0.29) is 5.41 Å². The Labute approximate surface area is 68.3 Å². The first-order valence-electron chi connectivity index (χ1n) is 3.38. The first kappa shape index (κ1) is 10.5. The maximum atomic E-state index is 11.3. The lowest BCUT2D eigenvalue weighted by Gasteiger charge is -2.18. The summed E-state index contributed by atoms with van der Waals surface area (Å²) in [4.78, 5) is 11.3. The van der Waals surface area contributed by atoms with Crippen LogP contribution in [0.4, 0.5) is 0 Å². The van der Waals surface area contributed by atoms with Crippen molar-refractivity contribution in [3.8, 4) is 0 Å². The Morgan fingerprint density at radius 1 is 1.36 bits per heavy atom. The number of carbonyl (C=O) groups is 1. The van der Waals surface area contributed by atoms with Crippen molar-refractivity contribution >= 4 is 14.0 Å². The van der Waals surface area contributed by atoms with Crippen LogP contribution in [0.1, 0.15) is 6.92 Å². The van der Waals surface area contributed by atoms with Gasteiger partial charge in [0.1, 0.15) is 0 Å². The van der Waals surface area contributed by atoms with Gasteiger partial charge in [-0.3, -0.25) is 4.79 Å². The molecule has 4 heteroatoms. The third-order valence-corrected chi connectivity index (χ3v) is 4.16. The summed E-state index contributed by atoms with van der Waals surface area (Å²) < 4.78 is 10.0. The van der Waals surface area contributed by atoms with E-state index in [1.54, 1.807) is 19.5 Å². The SMILES string of the molecule is CC=CC(=O)[Si](C)(OC)OC. The fourth-order valence-electron chi connectivity index (χ4n) is 0.587. The van der Waals surface area contributed by atoms with E-state index in [9.17, 15) is 4.79 Å². The maximum Gasteiger partial charge on any atom is 0.411 e. The average Bonchev–Trinajstić information content (AvgIpc) is 2.03. The maximum absolute atomic E-state index is 11.3. The Hall–Kier alpha value is -0.453. The molecule has 0 fully saturated rings. The molecule has 0 N–H and O–H groups in total. The van der Waals surface area contributed by atoms with E-state index in [4.69, 9.17) is 8.85 Å². The van der Waals surface area contributed by atoms with Crippen molar-refractivity contribution in [1.82, 2.24) is 0 Å². The highest BCUT2D eigenvalue weighted by Gasteiger charge is 2.36. The summed E-state index contributed by atoms with van der Waals surface area (Å²) in [6, 6.07) is 0. The van der Waals surface area contributed by atoms with Crippen molar-refractivity contribution in [3.63, 3.8) is 0 Å². The fraction of sp³-hybridized carbons (Fsp3) is 0.571. The quantitative estimate of drug-likeness (QED) is 0.472. The summed E-state index contributed by atoms with van der Waals surface area (Å²) in [6.45, 7) is 3.51. The van der Waals surface area contributed by atoms with Gasteiger partial charge in [-0.2, -0.15) is 0 Å². The van der Waals surface area contributed by atoms with Gasteiger partial charge in [0.15, 0.2) is 5.41 Å². The van der Waals surface area contributed by atoms with Gasteiger partial charge in [-0.15, -0.1) is 0 Å². The first-order chi connectivity index (χ1) is 5.10. The monoisotopic (exact) mass is 174 g/mol. The van der Waals surface area contributed by atoms with Crippen LogP contribution in [-0.4, -0.2) is 28.2 Å². The minimum Gasteiger partial charge on any atom is -0.393 e. The van der Waals surface area contributed by atoms with Crippen LogP contribution < -0.4 is 0 Å². The van der Waals surface area contributed by atoms with Crippen molar-refractivity contribution in [2.24, 2.45) is 0 Å². The van der Waals surface area contributed by atoms with Gasteiger partial charge >= 0.3 is 8.56 Å². The predicted molar refractivity (Wildman–Crippen MR) is 45.5 cm³/mol. The lowest BCUT2D eigenvalue weighted by Crippen LogP contribution is -2.44. The largest absolute Gasteiger partial charge is 0.411 e. The molecule has 0 aromatic heterocycles. The number of allylic oxidation sites excluding steroid dienone is 2. The second kappa shape index (κ2) is 4.43. The summed E-state index contributed by atoms with van der Waals surface area (Å²) in [5.41, 5.74) is 0. The molecule has 64 valence electrons. The van der Waals surface area contributed by atoms with Gasteiger partial charge in [0, 0.05) is 14.2 Å². The molecule has 0 amide bonds. The van der Waals surface area contributed by atoms with Gasteiger partial charge in [0.2, 0.25) is 0 Å². The van der Waals surface area contributed by atoms with E-state index in [0.717, 1.165) is 0 Å². The molecule has 0 bridgehead atoms. The minimum atomic E-state index is -2.55. The molecule has 0 rings (SSSR count). The molecule has 0 aliphatic carbocycles. The minimum absolute atomic E-state index is 0.0509. The van der Waals surface area contributed by atoms with E-state index in [0.29, 0.717) is 0 Å². The number of rotatable bonds is 4. The van der Waals surface area contributed by atoms with Crippen LogP contribution in [0, 0.1) is 0 Å². The van der Waals surface area contributed by atoms with Gasteiger partial charge in [0.05, 0.1) is 0 Å². The van der Waals surface area contributed by atoms with Crippen LogP contribution in [0.2, 0.25) is 6.55 Å². The molecule has 0 aromatic rings. The third kappa shape index (κ3) is 2.57. The second-order valence-corrected chi connectivity index (χ2v) is 5.42. The zero-order chi connectivity index (χ0) is 8.91. The summed E-state index contributed by atoms with van der Waals surface area (Å²) >= 11 is 0. The summed E-state index contributed by atoms with van der Waals surface area (Å²) in [5.74, 6) is 0. The molecule has 0 spiro atoms. The molecular weight excluding hydrogens is 160 g/mol. The highest BCUT2D eigenvalue weighted by molar-refractivity contribution is 6.97. The molecule has 0 radical (unpaired) electrons. The van der Waals surface area contributed by atoms with Crippen LogP contribution in [0.15, 0.2) is 12.2 Å². The second-order valence-electron chi connectivity index (χ2n) is 2.22. The summed E-state index contributed by atoms with van der Waals surface area (Å²) in [7, 11) is 0.447. The van der Waals surface area contributed by atoms with Gasteiger partial charge in [0.25, 0.3) is 0 Å². The number of hydrogen-bond donors (Lipinski definition) is 0. The molecule has 11 heavy (non-hydrogen) atoms. The lowest BCUT2D eigenvalue weighted by atomic mass is 10.6. The molecule has 0 aliphatic heterocycles. The van der Waals surface area contributed by atoms with Crippen molar-refractivity contribution < 1.29 is 13.6 Å². The van der Waals surface area contributed by atoms with Crippen LogP contribution in [-0.2, 0) is 13.6 Å². The van der Waals surface area contributed by atoms with E-state index in [1.165, 1.54) is 20.3 Å². The topological polar surface area (TPSA) is 35.5 Å². The zero-order valence-electron chi connectivity index (χ0n) is 7.38. The fourth-order valence-corrected chi connectivity index (χ4v) is 1.63. The molecule has 0 atom stereocenters. The lowest BCUT2D eigenvalue weighted by molar-refractivity contribution is -0.111. The Kier molecular flexibility index (Phi) is 4.25. The Morgan fingerprint density at radius 3 is 2.09 bits per heavy atom. The normalized spacial score (nSPS) is 12.4. The van der Waals surface area contributed by atoms with Crippen molar-refractivity contribution in [3.05, 3.63) is 12.2 Å². The summed E-state index contributed by atoms with van der Waals surface area (Å²) in [5, 5.41) is -0.0509. The van der Waals surface area contributed by atoms with E-state index in [1.807, 2.05) is 0 Å². The van der Waals surface area contributed by atoms with Crippen LogP contribution >= 0.6 is 0 Å². The van der Waals surface area contributed by atoms with Crippen LogP contribution in [0.5, 0.6) is 0 Å². The van der Waals surface area contributed by atoms with E-state index in [2.05, 4.69) is 0 Å². The van der Waals surface area contributed by atoms with Crippen LogP contribution in [0.25, 0.3) is 0 Å². The zero-order valence-corrected chi connectivity index (χ0v) is 8.38. The predicted octanol–water partition coefficient (Wildman–Crippen LogP) is 1.04. The first-order valence-corrected chi connectivity index (χ1v) is 5.69. The molecule has 0 saturated heterocycles. The summed E-state index contributed by atoms with van der Waals surface area (Å²) in [6.07, 6.45) is 3.17. The highest BCUT2D eigenvalue weighted by Crippen LogP contribution is 2.05. The van der Waals surface area contributed by atoms with Gasteiger partial charge in [-0.1, -0.05) is 6.08 Å². The molecule has 0 aliphatic rings. The van der Waals surface area contributed by atoms with E-state index < -0.39 is 8.56 Å². The Bertz CT molecular complexity index is 161. The van der Waals surface area contributed by atoms with E-state index >= 15 is 0 Å². The molecule has 0 saturated carbocycles. The van der Waals surface area contributed by atoms with Crippen molar-refractivity contribution in [2.45, 2.75) is 13.5 Å². The standard InChI is InChI=1S/C7H14O3Si/c1-5-6-7(8)11(4,9-2)10-3/h5-6H,1-4H3. The Morgan fingerprint density at radius 2 is 1.82 bits per heavy atom. The number of carbonyl (C=O) groups excluding carboxylic acids is 1. The highest BCUT2D eigenvalue weighted by atomic mass is 28.4. The van der Waals surface area contributed by atoms with Gasteiger partial charge in [-0.05, 0) is 19.5 Å². The molecular formula is C7H14O3Si. The van der Waals surface area contributed by atoms with Gasteiger partial charge < -0.3 is 8.85 Å². The van der Waals surface area contributed by atoms with Crippen molar-refractivity contribution in [1.29, 1.82) is 0 Å². The number of hydrogen-bond acceptors (Lipinski definition) is 3.